The van der Waals surface area contributed by atoms with Crippen molar-refractivity contribution < 1.29 is 9.53 Å². The van der Waals surface area contributed by atoms with Crippen LogP contribution in [0.3, 0.4) is 0 Å². The van der Waals surface area contributed by atoms with E-state index in [1.807, 2.05) is 13.0 Å². The maximum atomic E-state index is 11.4. The van der Waals surface area contributed by atoms with Crippen LogP contribution in [-0.4, -0.2) is 29.1 Å². The number of aryl methyl sites for hydroxylation is 1. The predicted octanol–water partition coefficient (Wildman–Crippen LogP) is 1.70. The Balaban J connectivity index is 2.16. The van der Waals surface area contributed by atoms with Crippen LogP contribution in [0.1, 0.15) is 29.2 Å². The van der Waals surface area contributed by atoms with Crippen molar-refractivity contribution in [2.45, 2.75) is 25.8 Å². The van der Waals surface area contributed by atoms with E-state index in [4.69, 9.17) is 0 Å². The molecule has 0 spiro atoms. The summed E-state index contributed by atoms with van der Waals surface area (Å²) in [7, 11) is 1.32. The summed E-state index contributed by atoms with van der Waals surface area (Å²) in [5, 5.41) is 3.28. The number of methoxy groups -OCH3 is 1. The summed E-state index contributed by atoms with van der Waals surface area (Å²) in [6, 6.07) is 2.18. The molecule has 1 aliphatic rings. The van der Waals surface area contributed by atoms with E-state index in [9.17, 15) is 4.79 Å². The van der Waals surface area contributed by atoms with E-state index in [1.54, 1.807) is 0 Å². The highest BCUT2D eigenvalue weighted by Crippen LogP contribution is 2.16. The fraction of sp³-hybridized carbons (Fsp3) is 0.417. The standard InChI is InChI=1S/C12H15N3O2/c1-8-7-10(14-9-5-3-4-6-9)15-11(13-8)12(16)17-2/h3-4,7,9H,5-6H2,1-2H3,(H,13,14,15). The predicted molar refractivity (Wildman–Crippen MR) is 63.9 cm³/mol. The zero-order chi connectivity index (χ0) is 12.3. The minimum absolute atomic E-state index is 0.0981. The molecule has 17 heavy (non-hydrogen) atoms. The summed E-state index contributed by atoms with van der Waals surface area (Å²) >= 11 is 0. The van der Waals surface area contributed by atoms with Crippen LogP contribution in [0.2, 0.25) is 0 Å². The van der Waals surface area contributed by atoms with Gasteiger partial charge in [-0.25, -0.2) is 14.8 Å². The molecule has 0 fully saturated rings. The van der Waals surface area contributed by atoms with Crippen molar-refractivity contribution >= 4 is 11.8 Å². The summed E-state index contributed by atoms with van der Waals surface area (Å²) in [5.74, 6) is 0.258. The van der Waals surface area contributed by atoms with Crippen molar-refractivity contribution in [2.75, 3.05) is 12.4 Å². The number of rotatable bonds is 3. The van der Waals surface area contributed by atoms with Crippen LogP contribution in [0.15, 0.2) is 18.2 Å². The van der Waals surface area contributed by atoms with E-state index in [-0.39, 0.29) is 5.82 Å². The molecule has 90 valence electrons. The molecule has 1 aliphatic carbocycles. The van der Waals surface area contributed by atoms with Crippen LogP contribution in [-0.2, 0) is 4.74 Å². The number of aromatic nitrogens is 2. The van der Waals surface area contributed by atoms with Crippen molar-refractivity contribution in [1.82, 2.24) is 9.97 Å². The monoisotopic (exact) mass is 233 g/mol. The lowest BCUT2D eigenvalue weighted by Gasteiger charge is -2.13. The molecular weight excluding hydrogens is 218 g/mol. The normalized spacial score (nSPS) is 14.9. The highest BCUT2D eigenvalue weighted by atomic mass is 16.5. The van der Waals surface area contributed by atoms with Gasteiger partial charge in [-0.3, -0.25) is 0 Å². The molecule has 0 amide bonds. The first-order chi connectivity index (χ1) is 8.19. The van der Waals surface area contributed by atoms with Gasteiger partial charge in [-0.15, -0.1) is 0 Å². The van der Waals surface area contributed by atoms with Crippen molar-refractivity contribution in [3.63, 3.8) is 0 Å². The Hall–Kier alpha value is -1.91. The van der Waals surface area contributed by atoms with E-state index in [0.29, 0.717) is 11.9 Å². The molecular formula is C12H15N3O2. The molecule has 2 rings (SSSR count). The van der Waals surface area contributed by atoms with E-state index < -0.39 is 5.97 Å². The minimum Gasteiger partial charge on any atom is -0.463 e. The van der Waals surface area contributed by atoms with Crippen LogP contribution < -0.4 is 5.32 Å². The highest BCUT2D eigenvalue weighted by molar-refractivity contribution is 5.85. The minimum atomic E-state index is -0.513. The summed E-state index contributed by atoms with van der Waals surface area (Å²) in [5.41, 5.74) is 0.744. The van der Waals surface area contributed by atoms with E-state index >= 15 is 0 Å². The van der Waals surface area contributed by atoms with Crippen LogP contribution in [0, 0.1) is 6.92 Å². The number of carbonyl (C=O) groups excluding carboxylic acids is 1. The lowest BCUT2D eigenvalue weighted by molar-refractivity contribution is 0.0586. The van der Waals surface area contributed by atoms with Gasteiger partial charge in [0.2, 0.25) is 5.82 Å². The second kappa shape index (κ2) is 4.95. The van der Waals surface area contributed by atoms with Crippen LogP contribution in [0.25, 0.3) is 0 Å². The molecule has 0 saturated carbocycles. The van der Waals surface area contributed by atoms with Crippen molar-refractivity contribution in [1.29, 1.82) is 0 Å². The SMILES string of the molecule is COC(=O)c1nc(C)cc(NC2CC=CC2)n1. The van der Waals surface area contributed by atoms with Gasteiger partial charge in [0.05, 0.1) is 7.11 Å². The number of ether oxygens (including phenoxy) is 1. The molecule has 0 aromatic carbocycles. The maximum absolute atomic E-state index is 11.4. The molecule has 1 aromatic rings. The van der Waals surface area contributed by atoms with Gasteiger partial charge in [-0.05, 0) is 19.8 Å². The van der Waals surface area contributed by atoms with Gasteiger partial charge in [0.15, 0.2) is 0 Å². The lowest BCUT2D eigenvalue weighted by atomic mass is 10.2. The average molecular weight is 233 g/mol. The number of nitrogens with one attached hydrogen (secondary N) is 1. The van der Waals surface area contributed by atoms with Gasteiger partial charge in [0.25, 0.3) is 0 Å². The second-order valence-electron chi connectivity index (χ2n) is 3.99. The first-order valence-electron chi connectivity index (χ1n) is 5.54. The van der Waals surface area contributed by atoms with Gasteiger partial charge in [0, 0.05) is 17.8 Å². The Labute approximate surface area is 99.9 Å². The Morgan fingerprint density at radius 1 is 1.41 bits per heavy atom. The van der Waals surface area contributed by atoms with Crippen molar-refractivity contribution in [2.24, 2.45) is 0 Å². The number of hydrogen-bond acceptors (Lipinski definition) is 5. The number of anilines is 1. The molecule has 0 aliphatic heterocycles. The summed E-state index contributed by atoms with van der Waals surface area (Å²) < 4.78 is 4.61. The smallest absolute Gasteiger partial charge is 0.376 e. The zero-order valence-corrected chi connectivity index (χ0v) is 9.93. The quantitative estimate of drug-likeness (QED) is 0.636. The Morgan fingerprint density at radius 2 is 2.12 bits per heavy atom. The zero-order valence-electron chi connectivity index (χ0n) is 9.93. The average Bonchev–Trinajstić information content (AvgIpc) is 2.80. The lowest BCUT2D eigenvalue weighted by Crippen LogP contribution is -2.18. The molecule has 0 radical (unpaired) electrons. The van der Waals surface area contributed by atoms with Gasteiger partial charge in [-0.2, -0.15) is 0 Å². The van der Waals surface area contributed by atoms with Gasteiger partial charge in [-0.1, -0.05) is 12.2 Å². The summed E-state index contributed by atoms with van der Waals surface area (Å²) in [6.45, 7) is 1.83. The second-order valence-corrected chi connectivity index (χ2v) is 3.99. The summed E-state index contributed by atoms with van der Waals surface area (Å²) in [6.07, 6.45) is 6.23. The molecule has 0 bridgehead atoms. The first-order valence-corrected chi connectivity index (χ1v) is 5.54. The Morgan fingerprint density at radius 3 is 2.76 bits per heavy atom. The van der Waals surface area contributed by atoms with E-state index in [1.165, 1.54) is 7.11 Å². The van der Waals surface area contributed by atoms with E-state index in [0.717, 1.165) is 18.5 Å². The van der Waals surface area contributed by atoms with Gasteiger partial charge < -0.3 is 10.1 Å². The van der Waals surface area contributed by atoms with Crippen LogP contribution >= 0.6 is 0 Å². The molecule has 5 heteroatoms. The van der Waals surface area contributed by atoms with E-state index in [2.05, 4.69) is 32.2 Å². The molecule has 0 atom stereocenters. The van der Waals surface area contributed by atoms with Gasteiger partial charge >= 0.3 is 5.97 Å². The largest absolute Gasteiger partial charge is 0.463 e. The number of hydrogen-bond donors (Lipinski definition) is 1. The number of esters is 1. The Bertz CT molecular complexity index is 449. The molecule has 1 aromatic heterocycles. The molecule has 0 saturated heterocycles. The first kappa shape index (κ1) is 11.6. The topological polar surface area (TPSA) is 64.1 Å². The fourth-order valence-corrected chi connectivity index (χ4v) is 1.77. The third kappa shape index (κ3) is 2.81. The Kier molecular flexibility index (Phi) is 3.37. The van der Waals surface area contributed by atoms with Gasteiger partial charge in [0.1, 0.15) is 5.82 Å². The number of carbonyl (C=O) groups is 1. The maximum Gasteiger partial charge on any atom is 0.376 e. The van der Waals surface area contributed by atoms with Crippen molar-refractivity contribution in [3.8, 4) is 0 Å². The molecule has 1 heterocycles. The molecule has 5 nitrogen and oxygen atoms in total. The fourth-order valence-electron chi connectivity index (χ4n) is 1.77. The molecule has 0 unspecified atom stereocenters. The van der Waals surface area contributed by atoms with Crippen LogP contribution in [0.4, 0.5) is 5.82 Å². The third-order valence-electron chi connectivity index (χ3n) is 2.58. The van der Waals surface area contributed by atoms with Crippen LogP contribution in [0.5, 0.6) is 0 Å². The third-order valence-corrected chi connectivity index (χ3v) is 2.58. The summed E-state index contributed by atoms with van der Waals surface area (Å²) in [4.78, 5) is 19.5. The number of nitrogens with zero attached hydrogens (tertiary/aromatic N) is 2. The molecule has 1 N–H and O–H groups in total. The highest BCUT2D eigenvalue weighted by Gasteiger charge is 2.14. The van der Waals surface area contributed by atoms with Crippen molar-refractivity contribution in [3.05, 3.63) is 29.7 Å².